The number of hydrogen-bond donors (Lipinski definition) is 1. The molecule has 1 heterocycles. The van der Waals surface area contributed by atoms with Crippen LogP contribution >= 0.6 is 11.6 Å². The SMILES string of the molecule is CCn1nc(C(=O)N/N=C/c2c(F)cccc2Cl)c2ccccc2c1=O. The maximum atomic E-state index is 13.7. The summed E-state index contributed by atoms with van der Waals surface area (Å²) in [5, 5.41) is 8.82. The Balaban J connectivity index is 1.95. The zero-order chi connectivity index (χ0) is 18.7. The van der Waals surface area contributed by atoms with E-state index in [-0.39, 0.29) is 21.8 Å². The van der Waals surface area contributed by atoms with Gasteiger partial charge >= 0.3 is 0 Å². The average Bonchev–Trinajstić information content (AvgIpc) is 2.64. The Bertz CT molecular complexity index is 1060. The van der Waals surface area contributed by atoms with Gasteiger partial charge in [0.25, 0.3) is 11.5 Å². The number of rotatable bonds is 4. The molecule has 3 rings (SSSR count). The van der Waals surface area contributed by atoms with Crippen LogP contribution in [0.25, 0.3) is 10.8 Å². The van der Waals surface area contributed by atoms with Crippen LogP contribution in [0.4, 0.5) is 4.39 Å². The number of amides is 1. The molecular formula is C18H14ClFN4O2. The van der Waals surface area contributed by atoms with E-state index >= 15 is 0 Å². The molecule has 0 spiro atoms. The molecule has 0 aliphatic rings. The fourth-order valence-electron chi connectivity index (χ4n) is 2.46. The van der Waals surface area contributed by atoms with Crippen molar-refractivity contribution in [3.8, 4) is 0 Å². The van der Waals surface area contributed by atoms with E-state index in [0.717, 1.165) is 6.21 Å². The van der Waals surface area contributed by atoms with Crippen molar-refractivity contribution < 1.29 is 9.18 Å². The fraction of sp³-hybridized carbons (Fsp3) is 0.111. The normalized spacial score (nSPS) is 11.2. The van der Waals surface area contributed by atoms with E-state index in [0.29, 0.717) is 17.3 Å². The lowest BCUT2D eigenvalue weighted by molar-refractivity contribution is 0.0949. The molecule has 0 radical (unpaired) electrons. The molecule has 2 aromatic carbocycles. The highest BCUT2D eigenvalue weighted by Crippen LogP contribution is 2.17. The molecule has 1 aromatic heterocycles. The van der Waals surface area contributed by atoms with Gasteiger partial charge in [0.2, 0.25) is 0 Å². The highest BCUT2D eigenvalue weighted by Gasteiger charge is 2.15. The molecule has 1 amide bonds. The molecule has 0 saturated heterocycles. The van der Waals surface area contributed by atoms with E-state index in [1.807, 2.05) is 0 Å². The number of aromatic nitrogens is 2. The Morgan fingerprint density at radius 2 is 2.00 bits per heavy atom. The summed E-state index contributed by atoms with van der Waals surface area (Å²) in [6, 6.07) is 10.9. The number of hydrogen-bond acceptors (Lipinski definition) is 4. The van der Waals surface area contributed by atoms with Crippen molar-refractivity contribution in [2.45, 2.75) is 13.5 Å². The van der Waals surface area contributed by atoms with Crippen LogP contribution in [-0.2, 0) is 6.54 Å². The lowest BCUT2D eigenvalue weighted by atomic mass is 10.1. The van der Waals surface area contributed by atoms with Gasteiger partial charge in [0.15, 0.2) is 5.69 Å². The number of benzene rings is 2. The number of fused-ring (bicyclic) bond motifs is 1. The monoisotopic (exact) mass is 372 g/mol. The summed E-state index contributed by atoms with van der Waals surface area (Å²) in [6.07, 6.45) is 1.12. The number of nitrogens with zero attached hydrogens (tertiary/aromatic N) is 3. The zero-order valence-corrected chi connectivity index (χ0v) is 14.5. The first-order chi connectivity index (χ1) is 12.5. The highest BCUT2D eigenvalue weighted by molar-refractivity contribution is 6.33. The minimum atomic E-state index is -0.618. The minimum Gasteiger partial charge on any atom is -0.267 e. The van der Waals surface area contributed by atoms with Gasteiger partial charge in [-0.25, -0.2) is 14.5 Å². The van der Waals surface area contributed by atoms with Crippen molar-refractivity contribution in [1.29, 1.82) is 0 Å². The Hall–Kier alpha value is -3.06. The topological polar surface area (TPSA) is 76.3 Å². The molecule has 0 saturated carbocycles. The standard InChI is InChI=1S/C18H14ClFN4O2/c1-2-24-18(26)12-7-4-3-6-11(12)16(23-24)17(25)22-21-10-13-14(19)8-5-9-15(13)20/h3-10H,2H2,1H3,(H,22,25)/b21-10+. The van der Waals surface area contributed by atoms with Crippen LogP contribution < -0.4 is 11.0 Å². The van der Waals surface area contributed by atoms with Crippen molar-refractivity contribution in [3.63, 3.8) is 0 Å². The average molecular weight is 373 g/mol. The third-order valence-corrected chi connectivity index (χ3v) is 4.07. The summed E-state index contributed by atoms with van der Waals surface area (Å²) >= 11 is 5.90. The lowest BCUT2D eigenvalue weighted by Gasteiger charge is -2.08. The maximum absolute atomic E-state index is 13.7. The van der Waals surface area contributed by atoms with Gasteiger partial charge in [0.05, 0.1) is 16.6 Å². The first kappa shape index (κ1) is 17.8. The highest BCUT2D eigenvalue weighted by atomic mass is 35.5. The predicted molar refractivity (Wildman–Crippen MR) is 98.1 cm³/mol. The zero-order valence-electron chi connectivity index (χ0n) is 13.7. The Labute approximate surface area is 152 Å². The largest absolute Gasteiger partial charge is 0.292 e. The molecule has 0 bridgehead atoms. The second-order valence-corrected chi connectivity index (χ2v) is 5.76. The van der Waals surface area contributed by atoms with Gasteiger partial charge in [-0.2, -0.15) is 10.2 Å². The van der Waals surface area contributed by atoms with Gasteiger partial charge in [0.1, 0.15) is 5.82 Å². The summed E-state index contributed by atoms with van der Waals surface area (Å²) in [6.45, 7) is 2.07. The number of nitrogens with one attached hydrogen (secondary N) is 1. The first-order valence-electron chi connectivity index (χ1n) is 7.80. The van der Waals surface area contributed by atoms with Gasteiger partial charge in [-0.3, -0.25) is 9.59 Å². The molecule has 8 heteroatoms. The van der Waals surface area contributed by atoms with Crippen molar-refractivity contribution >= 4 is 34.5 Å². The maximum Gasteiger partial charge on any atom is 0.292 e. The lowest BCUT2D eigenvalue weighted by Crippen LogP contribution is -2.28. The van der Waals surface area contributed by atoms with Gasteiger partial charge in [-0.05, 0) is 25.1 Å². The van der Waals surface area contributed by atoms with Gasteiger partial charge in [-0.15, -0.1) is 0 Å². The van der Waals surface area contributed by atoms with E-state index in [1.54, 1.807) is 31.2 Å². The smallest absolute Gasteiger partial charge is 0.267 e. The number of carbonyl (C=O) groups is 1. The minimum absolute atomic E-state index is 0.0545. The van der Waals surface area contributed by atoms with E-state index in [2.05, 4.69) is 15.6 Å². The molecule has 3 aromatic rings. The second-order valence-electron chi connectivity index (χ2n) is 5.35. The van der Waals surface area contributed by atoms with Gasteiger partial charge in [0, 0.05) is 17.5 Å². The van der Waals surface area contributed by atoms with E-state index < -0.39 is 11.7 Å². The number of aryl methyl sites for hydroxylation is 1. The predicted octanol–water partition coefficient (Wildman–Crippen LogP) is 2.97. The van der Waals surface area contributed by atoms with Crippen LogP contribution in [0.1, 0.15) is 23.0 Å². The number of hydrazone groups is 1. The van der Waals surface area contributed by atoms with Crippen LogP contribution in [0, 0.1) is 5.82 Å². The molecule has 0 aliphatic carbocycles. The summed E-state index contributed by atoms with van der Waals surface area (Å²) in [4.78, 5) is 24.8. The van der Waals surface area contributed by atoms with E-state index in [1.165, 1.54) is 22.9 Å². The number of carbonyl (C=O) groups excluding carboxylic acids is 1. The molecule has 26 heavy (non-hydrogen) atoms. The Kier molecular flexibility index (Phi) is 5.09. The molecule has 132 valence electrons. The van der Waals surface area contributed by atoms with Crippen LogP contribution in [0.5, 0.6) is 0 Å². The first-order valence-corrected chi connectivity index (χ1v) is 8.18. The molecule has 0 fully saturated rings. The molecule has 6 nitrogen and oxygen atoms in total. The van der Waals surface area contributed by atoms with Crippen molar-refractivity contribution in [1.82, 2.24) is 15.2 Å². The molecular weight excluding hydrogens is 359 g/mol. The van der Waals surface area contributed by atoms with Crippen LogP contribution in [-0.4, -0.2) is 21.9 Å². The van der Waals surface area contributed by atoms with E-state index in [4.69, 9.17) is 11.6 Å². The van der Waals surface area contributed by atoms with Gasteiger partial charge < -0.3 is 0 Å². The molecule has 1 N–H and O–H groups in total. The summed E-state index contributed by atoms with van der Waals surface area (Å²) in [5.41, 5.74) is 2.13. The fourth-order valence-corrected chi connectivity index (χ4v) is 2.67. The van der Waals surface area contributed by atoms with Crippen LogP contribution in [0.2, 0.25) is 5.02 Å². The van der Waals surface area contributed by atoms with E-state index in [9.17, 15) is 14.0 Å². The molecule has 0 unspecified atom stereocenters. The van der Waals surface area contributed by atoms with Crippen molar-refractivity contribution in [2.75, 3.05) is 0 Å². The second kappa shape index (κ2) is 7.45. The quantitative estimate of drug-likeness (QED) is 0.565. The molecule has 0 aliphatic heterocycles. The van der Waals surface area contributed by atoms with Gasteiger partial charge in [-0.1, -0.05) is 35.9 Å². The summed E-state index contributed by atoms with van der Waals surface area (Å²) in [7, 11) is 0. The third kappa shape index (κ3) is 3.34. The third-order valence-electron chi connectivity index (χ3n) is 3.74. The van der Waals surface area contributed by atoms with Crippen molar-refractivity contribution in [3.05, 3.63) is 74.9 Å². The van der Waals surface area contributed by atoms with Crippen LogP contribution in [0.3, 0.4) is 0 Å². The summed E-state index contributed by atoms with van der Waals surface area (Å²) in [5.74, 6) is -1.18. The van der Waals surface area contributed by atoms with Crippen LogP contribution in [0.15, 0.2) is 52.4 Å². The summed E-state index contributed by atoms with van der Waals surface area (Å²) < 4.78 is 14.9. The van der Waals surface area contributed by atoms with Crippen molar-refractivity contribution in [2.24, 2.45) is 5.10 Å². The molecule has 0 atom stereocenters. The number of halogens is 2. The Morgan fingerprint density at radius 1 is 1.27 bits per heavy atom. The Morgan fingerprint density at radius 3 is 2.69 bits per heavy atom.